The Bertz CT molecular complexity index is 1320. The molecule has 2 bridgehead atoms. The Morgan fingerprint density at radius 3 is 2.50 bits per heavy atom. The van der Waals surface area contributed by atoms with Gasteiger partial charge in [0, 0.05) is 18.8 Å². The Balaban J connectivity index is 1.48. The van der Waals surface area contributed by atoms with E-state index in [2.05, 4.69) is 10.6 Å². The molecule has 0 saturated carbocycles. The van der Waals surface area contributed by atoms with E-state index in [0.29, 0.717) is 73.8 Å². The third-order valence-electron chi connectivity index (χ3n) is 9.17. The molecule has 2 aromatic rings. The summed E-state index contributed by atoms with van der Waals surface area (Å²) in [5.74, 6) is -1.75. The van der Waals surface area contributed by atoms with Crippen molar-refractivity contribution in [1.29, 1.82) is 0 Å². The summed E-state index contributed by atoms with van der Waals surface area (Å²) in [7, 11) is 0. The zero-order valence-electron chi connectivity index (χ0n) is 24.5. The Kier molecular flexibility index (Phi) is 8.83. The lowest BCUT2D eigenvalue weighted by Crippen LogP contribution is -2.53. The van der Waals surface area contributed by atoms with Crippen molar-refractivity contribution < 1.29 is 29.0 Å². The summed E-state index contributed by atoms with van der Waals surface area (Å²) in [5.41, 5.74) is -0.0830. The number of para-hydroxylation sites is 1. The van der Waals surface area contributed by atoms with Gasteiger partial charge in [-0.2, -0.15) is 0 Å². The van der Waals surface area contributed by atoms with Gasteiger partial charge in [0.15, 0.2) is 0 Å². The molecule has 5 atom stereocenters. The summed E-state index contributed by atoms with van der Waals surface area (Å²) in [6.45, 7) is 6.66. The van der Waals surface area contributed by atoms with E-state index in [0.717, 1.165) is 5.56 Å². The number of hydrogen-bond donors (Lipinski definition) is 3. The van der Waals surface area contributed by atoms with Gasteiger partial charge in [-0.1, -0.05) is 30.7 Å². The molecule has 3 aliphatic rings. The molecule has 2 aromatic carbocycles. The first-order valence-corrected chi connectivity index (χ1v) is 15.3. The van der Waals surface area contributed by atoms with Crippen molar-refractivity contribution >= 4 is 40.7 Å². The van der Waals surface area contributed by atoms with E-state index in [1.165, 1.54) is 0 Å². The molecular formula is C32H40ClN3O6. The van der Waals surface area contributed by atoms with Crippen LogP contribution < -0.4 is 15.4 Å². The number of fused-ring (bicyclic) bond motifs is 1. The number of rotatable bonds is 12. The predicted molar refractivity (Wildman–Crippen MR) is 161 cm³/mol. The van der Waals surface area contributed by atoms with Gasteiger partial charge in [0.2, 0.25) is 17.7 Å². The summed E-state index contributed by atoms with van der Waals surface area (Å²) in [4.78, 5) is 44.0. The number of anilines is 2. The molecule has 0 aliphatic carbocycles. The molecule has 42 heavy (non-hydrogen) atoms. The number of nitrogens with one attached hydrogen (secondary N) is 2. The summed E-state index contributed by atoms with van der Waals surface area (Å²) in [6, 6.07) is 11.6. The Morgan fingerprint density at radius 2 is 1.83 bits per heavy atom. The number of aliphatic hydroxyl groups excluding tert-OH is 1. The minimum atomic E-state index is -1.13. The van der Waals surface area contributed by atoms with Crippen LogP contribution in [-0.2, 0) is 19.1 Å². The monoisotopic (exact) mass is 597 g/mol. The minimum Gasteiger partial charge on any atom is -0.494 e. The van der Waals surface area contributed by atoms with Gasteiger partial charge in [0.05, 0.1) is 34.8 Å². The van der Waals surface area contributed by atoms with Crippen molar-refractivity contribution in [2.24, 2.45) is 11.8 Å². The molecule has 3 saturated heterocycles. The van der Waals surface area contributed by atoms with E-state index in [1.807, 2.05) is 32.9 Å². The molecule has 3 amide bonds. The number of amides is 3. The fraction of sp³-hybridized carbons (Fsp3) is 0.531. The molecule has 9 nitrogen and oxygen atoms in total. The summed E-state index contributed by atoms with van der Waals surface area (Å²) in [6.07, 6.45) is 3.53. The standard InChI is InChI=1S/C32H40ClN3O6/c1-4-31-16-17-32(42-31)25(24(31)28(38)34-21-12-14-22(15-13-21)41-5-2)30(40)36(18-7-6-8-19-37)27(32)29(39)35-26-20(3)10-9-11-23(26)33/h9-15,24-25,27,37H,4-8,16-19H2,1-3H3,(H,34,38)(H,35,39)/t24-,25-,27?,31+,32?/m0/s1. The topological polar surface area (TPSA) is 117 Å². The summed E-state index contributed by atoms with van der Waals surface area (Å²) < 4.78 is 12.3. The van der Waals surface area contributed by atoms with Crippen molar-refractivity contribution in [2.45, 2.75) is 76.5 Å². The van der Waals surface area contributed by atoms with Gasteiger partial charge in [0.25, 0.3) is 0 Å². The number of aliphatic hydroxyl groups is 1. The lowest BCUT2D eigenvalue weighted by atomic mass is 9.65. The number of likely N-dealkylation sites (tertiary alicyclic amines) is 1. The van der Waals surface area contributed by atoms with E-state index in [-0.39, 0.29) is 24.3 Å². The van der Waals surface area contributed by atoms with Crippen LogP contribution in [0.4, 0.5) is 11.4 Å². The van der Waals surface area contributed by atoms with Gasteiger partial charge in [-0.25, -0.2) is 0 Å². The van der Waals surface area contributed by atoms with Gasteiger partial charge in [-0.15, -0.1) is 0 Å². The Labute approximate surface area is 251 Å². The zero-order valence-corrected chi connectivity index (χ0v) is 25.2. The van der Waals surface area contributed by atoms with Gasteiger partial charge in [0.1, 0.15) is 17.4 Å². The van der Waals surface area contributed by atoms with Crippen molar-refractivity contribution in [3.05, 3.63) is 53.1 Å². The number of carbonyl (C=O) groups is 3. The fourth-order valence-electron chi connectivity index (χ4n) is 7.23. The van der Waals surface area contributed by atoms with Crippen LogP contribution in [0.15, 0.2) is 42.5 Å². The van der Waals surface area contributed by atoms with E-state index in [1.54, 1.807) is 35.2 Å². The first kappa shape index (κ1) is 30.3. The molecule has 3 heterocycles. The largest absolute Gasteiger partial charge is 0.494 e. The van der Waals surface area contributed by atoms with Crippen molar-refractivity contribution in [3.63, 3.8) is 0 Å². The number of aryl methyl sites for hydroxylation is 1. The average Bonchev–Trinajstić information content (AvgIpc) is 3.58. The molecule has 2 unspecified atom stereocenters. The van der Waals surface area contributed by atoms with E-state index < -0.39 is 29.1 Å². The second-order valence-electron chi connectivity index (χ2n) is 11.5. The number of halogens is 1. The number of benzene rings is 2. The molecule has 226 valence electrons. The lowest BCUT2D eigenvalue weighted by Gasteiger charge is -2.34. The van der Waals surface area contributed by atoms with Crippen molar-refractivity contribution in [1.82, 2.24) is 4.90 Å². The smallest absolute Gasteiger partial charge is 0.250 e. The summed E-state index contributed by atoms with van der Waals surface area (Å²) in [5, 5.41) is 15.7. The number of carbonyl (C=O) groups excluding carboxylic acids is 3. The quantitative estimate of drug-likeness (QED) is 0.298. The van der Waals surface area contributed by atoms with Crippen LogP contribution in [0, 0.1) is 18.8 Å². The van der Waals surface area contributed by atoms with Crippen LogP contribution in [0.25, 0.3) is 0 Å². The molecule has 0 radical (unpaired) electrons. The second kappa shape index (κ2) is 12.2. The maximum absolute atomic E-state index is 14.3. The second-order valence-corrected chi connectivity index (χ2v) is 11.9. The number of unbranched alkanes of at least 4 members (excludes halogenated alkanes) is 2. The maximum atomic E-state index is 14.3. The molecule has 1 spiro atoms. The molecular weight excluding hydrogens is 558 g/mol. The molecule has 5 rings (SSSR count). The van der Waals surface area contributed by atoms with Crippen LogP contribution in [-0.4, -0.2) is 64.7 Å². The van der Waals surface area contributed by atoms with Crippen LogP contribution >= 0.6 is 11.6 Å². The van der Waals surface area contributed by atoms with Crippen LogP contribution in [0.2, 0.25) is 5.02 Å². The molecule has 3 fully saturated rings. The third kappa shape index (κ3) is 5.16. The highest BCUT2D eigenvalue weighted by Crippen LogP contribution is 2.64. The van der Waals surface area contributed by atoms with Crippen LogP contribution in [0.1, 0.15) is 57.9 Å². The Morgan fingerprint density at radius 1 is 1.07 bits per heavy atom. The maximum Gasteiger partial charge on any atom is 0.250 e. The molecule has 3 aliphatic heterocycles. The molecule has 0 aromatic heterocycles. The van der Waals surface area contributed by atoms with Gasteiger partial charge in [-0.05, 0) is 88.3 Å². The Hall–Kier alpha value is -3.14. The van der Waals surface area contributed by atoms with E-state index in [4.69, 9.17) is 21.1 Å². The predicted octanol–water partition coefficient (Wildman–Crippen LogP) is 4.94. The summed E-state index contributed by atoms with van der Waals surface area (Å²) >= 11 is 6.45. The van der Waals surface area contributed by atoms with E-state index in [9.17, 15) is 19.5 Å². The van der Waals surface area contributed by atoms with E-state index >= 15 is 0 Å². The zero-order chi connectivity index (χ0) is 30.1. The van der Waals surface area contributed by atoms with Gasteiger partial charge < -0.3 is 30.1 Å². The van der Waals surface area contributed by atoms with Gasteiger partial charge >= 0.3 is 0 Å². The molecule has 3 N–H and O–H groups in total. The minimum absolute atomic E-state index is 0.0616. The highest BCUT2D eigenvalue weighted by atomic mass is 35.5. The number of nitrogens with zero attached hydrogens (tertiary/aromatic N) is 1. The fourth-order valence-corrected chi connectivity index (χ4v) is 7.50. The highest BCUT2D eigenvalue weighted by Gasteiger charge is 2.78. The van der Waals surface area contributed by atoms with Crippen molar-refractivity contribution in [3.8, 4) is 5.75 Å². The third-order valence-corrected chi connectivity index (χ3v) is 9.49. The van der Waals surface area contributed by atoms with Crippen LogP contribution in [0.3, 0.4) is 0 Å². The number of ether oxygens (including phenoxy) is 2. The van der Waals surface area contributed by atoms with Crippen LogP contribution in [0.5, 0.6) is 5.75 Å². The first-order valence-electron chi connectivity index (χ1n) is 14.9. The van der Waals surface area contributed by atoms with Gasteiger partial charge in [-0.3, -0.25) is 14.4 Å². The normalized spacial score (nSPS) is 27.7. The average molecular weight is 598 g/mol. The SMILES string of the molecule is CCOc1ccc(NC(=O)[C@@H]2[C@H]3C(=O)N(CCCCCO)C(C(=O)Nc4c(C)cccc4Cl)C34CC[C@@]2(CC)O4)cc1. The highest BCUT2D eigenvalue weighted by molar-refractivity contribution is 6.34. The van der Waals surface area contributed by atoms with Crippen molar-refractivity contribution in [2.75, 3.05) is 30.4 Å². The number of hydrogen-bond acceptors (Lipinski definition) is 6. The first-order chi connectivity index (χ1) is 20.2. The molecule has 10 heteroatoms. The lowest BCUT2D eigenvalue weighted by molar-refractivity contribution is -0.144.